The highest BCUT2D eigenvalue weighted by Gasteiger charge is 2.28. The summed E-state index contributed by atoms with van der Waals surface area (Å²) in [6, 6.07) is 10.1. The van der Waals surface area contributed by atoms with Crippen molar-refractivity contribution in [2.75, 3.05) is 6.61 Å². The molecular formula is C20H24N2O3S2. The van der Waals surface area contributed by atoms with Crippen LogP contribution in [0, 0.1) is 0 Å². The second-order valence-electron chi connectivity index (χ2n) is 6.51. The first-order valence-electron chi connectivity index (χ1n) is 9.17. The van der Waals surface area contributed by atoms with Gasteiger partial charge in [0.25, 0.3) is 5.56 Å². The van der Waals surface area contributed by atoms with Crippen molar-refractivity contribution >= 4 is 29.5 Å². The fraction of sp³-hybridized carbons (Fsp3) is 0.450. The lowest BCUT2D eigenvalue weighted by atomic mass is 10.1. The van der Waals surface area contributed by atoms with Crippen molar-refractivity contribution in [3.63, 3.8) is 0 Å². The molecule has 0 radical (unpaired) electrons. The summed E-state index contributed by atoms with van der Waals surface area (Å²) in [6.45, 7) is 6.57. The number of fused-ring (bicyclic) bond motifs is 1. The molecule has 2 heterocycles. The van der Waals surface area contributed by atoms with Gasteiger partial charge < -0.3 is 4.74 Å². The van der Waals surface area contributed by atoms with Gasteiger partial charge >= 0.3 is 5.97 Å². The van der Waals surface area contributed by atoms with Gasteiger partial charge in [-0.1, -0.05) is 49.0 Å². The van der Waals surface area contributed by atoms with Gasteiger partial charge in [0, 0.05) is 18.2 Å². The van der Waals surface area contributed by atoms with Crippen LogP contribution in [0.3, 0.4) is 0 Å². The first-order chi connectivity index (χ1) is 13.0. The van der Waals surface area contributed by atoms with Crippen LogP contribution in [-0.2, 0) is 28.9 Å². The smallest absolute Gasteiger partial charge is 0.319 e. The molecule has 1 aromatic heterocycles. The second kappa shape index (κ2) is 8.97. The van der Waals surface area contributed by atoms with E-state index in [9.17, 15) is 9.59 Å². The highest BCUT2D eigenvalue weighted by Crippen LogP contribution is 2.34. The number of benzene rings is 1. The Kier molecular flexibility index (Phi) is 6.65. The van der Waals surface area contributed by atoms with Gasteiger partial charge in [0.1, 0.15) is 5.25 Å². The second-order valence-corrected chi connectivity index (χ2v) is 9.26. The van der Waals surface area contributed by atoms with E-state index >= 15 is 0 Å². The summed E-state index contributed by atoms with van der Waals surface area (Å²) < 4.78 is 6.83. The molecule has 0 spiro atoms. The molecule has 27 heavy (non-hydrogen) atoms. The molecule has 0 fully saturated rings. The van der Waals surface area contributed by atoms with E-state index in [2.05, 4.69) is 19.1 Å². The standard InChI is InChI=1S/C20H24N2O3S2/c1-4-25-19(24)14(3)27-20-21-16-12-13(2)26-17(16)18(23)22(20)11-10-15-8-6-5-7-9-15/h5-9,13-14H,4,10-12H2,1-3H3/t13-,14+/m0/s1. The van der Waals surface area contributed by atoms with E-state index < -0.39 is 5.25 Å². The van der Waals surface area contributed by atoms with E-state index in [0.717, 1.165) is 23.4 Å². The number of esters is 1. The van der Waals surface area contributed by atoms with Crippen molar-refractivity contribution in [2.45, 2.75) is 60.7 Å². The van der Waals surface area contributed by atoms with Gasteiger partial charge in [-0.2, -0.15) is 0 Å². The average molecular weight is 405 g/mol. The molecule has 0 unspecified atom stereocenters. The Morgan fingerprint density at radius 1 is 1.41 bits per heavy atom. The van der Waals surface area contributed by atoms with Gasteiger partial charge in [-0.05, 0) is 25.8 Å². The minimum absolute atomic E-state index is 0.00356. The van der Waals surface area contributed by atoms with Crippen molar-refractivity contribution in [1.29, 1.82) is 0 Å². The van der Waals surface area contributed by atoms with Crippen molar-refractivity contribution < 1.29 is 9.53 Å². The van der Waals surface area contributed by atoms with Crippen molar-refractivity contribution in [1.82, 2.24) is 9.55 Å². The van der Waals surface area contributed by atoms with Crippen LogP contribution in [0.25, 0.3) is 0 Å². The minimum atomic E-state index is -0.413. The summed E-state index contributed by atoms with van der Waals surface area (Å²) in [6.07, 6.45) is 1.53. The summed E-state index contributed by atoms with van der Waals surface area (Å²) >= 11 is 2.90. The van der Waals surface area contributed by atoms with Gasteiger partial charge in [-0.15, -0.1) is 11.8 Å². The normalized spacial score (nSPS) is 16.8. The third-order valence-electron chi connectivity index (χ3n) is 4.33. The molecule has 0 amide bonds. The third kappa shape index (κ3) is 4.76. The lowest BCUT2D eigenvalue weighted by molar-refractivity contribution is -0.142. The molecule has 1 aliphatic heterocycles. The van der Waals surface area contributed by atoms with E-state index in [-0.39, 0.29) is 11.5 Å². The summed E-state index contributed by atoms with van der Waals surface area (Å²) in [4.78, 5) is 30.7. The first kappa shape index (κ1) is 20.0. The predicted molar refractivity (Wildman–Crippen MR) is 110 cm³/mol. The van der Waals surface area contributed by atoms with Gasteiger partial charge in [-0.25, -0.2) is 4.98 Å². The van der Waals surface area contributed by atoms with E-state index in [0.29, 0.717) is 23.6 Å². The number of thioether (sulfide) groups is 2. The zero-order chi connectivity index (χ0) is 19.4. The molecule has 0 aliphatic carbocycles. The van der Waals surface area contributed by atoms with E-state index in [1.54, 1.807) is 30.2 Å². The molecule has 3 rings (SSSR count). The Hall–Kier alpha value is -1.73. The lowest BCUT2D eigenvalue weighted by Gasteiger charge is -2.16. The number of aryl methyl sites for hydroxylation is 1. The van der Waals surface area contributed by atoms with Gasteiger partial charge in [0.05, 0.1) is 17.2 Å². The van der Waals surface area contributed by atoms with Crippen molar-refractivity contribution in [3.05, 3.63) is 51.9 Å². The third-order valence-corrected chi connectivity index (χ3v) is 6.61. The van der Waals surface area contributed by atoms with Crippen LogP contribution in [0.2, 0.25) is 0 Å². The van der Waals surface area contributed by atoms with E-state index in [1.165, 1.54) is 17.3 Å². The monoisotopic (exact) mass is 404 g/mol. The minimum Gasteiger partial charge on any atom is -0.465 e. The van der Waals surface area contributed by atoms with E-state index in [4.69, 9.17) is 9.72 Å². The van der Waals surface area contributed by atoms with Gasteiger partial charge in [-0.3, -0.25) is 14.2 Å². The Morgan fingerprint density at radius 3 is 2.85 bits per heavy atom. The molecule has 0 saturated heterocycles. The summed E-state index contributed by atoms with van der Waals surface area (Å²) in [5.74, 6) is -0.283. The van der Waals surface area contributed by atoms with Crippen molar-refractivity contribution in [2.24, 2.45) is 0 Å². The number of hydrogen-bond acceptors (Lipinski definition) is 6. The number of nitrogens with zero attached hydrogens (tertiary/aromatic N) is 2. The predicted octanol–water partition coefficient (Wildman–Crippen LogP) is 3.57. The number of hydrogen-bond donors (Lipinski definition) is 0. The Bertz CT molecular complexity index is 868. The Balaban J connectivity index is 1.90. The molecule has 5 nitrogen and oxygen atoms in total. The topological polar surface area (TPSA) is 61.2 Å². The molecule has 7 heteroatoms. The van der Waals surface area contributed by atoms with Crippen LogP contribution in [0.15, 0.2) is 45.2 Å². The maximum absolute atomic E-state index is 13.1. The Labute approximate surface area is 167 Å². The quantitative estimate of drug-likeness (QED) is 0.399. The lowest BCUT2D eigenvalue weighted by Crippen LogP contribution is -2.27. The van der Waals surface area contributed by atoms with Crippen LogP contribution in [-0.4, -0.2) is 32.6 Å². The highest BCUT2D eigenvalue weighted by atomic mass is 32.2. The fourth-order valence-corrected chi connectivity index (χ4v) is 5.03. The van der Waals surface area contributed by atoms with Crippen molar-refractivity contribution in [3.8, 4) is 0 Å². The molecule has 2 aromatic rings. The number of carbonyl (C=O) groups is 1. The number of rotatable bonds is 7. The molecule has 2 atom stereocenters. The van der Waals surface area contributed by atoms with Crippen LogP contribution in [0.4, 0.5) is 0 Å². The summed E-state index contributed by atoms with van der Waals surface area (Å²) in [5, 5.41) is 0.541. The molecular weight excluding hydrogens is 380 g/mol. The van der Waals surface area contributed by atoms with Crippen LogP contribution in [0.1, 0.15) is 32.0 Å². The van der Waals surface area contributed by atoms with Gasteiger partial charge in [0.2, 0.25) is 0 Å². The van der Waals surface area contributed by atoms with Crippen LogP contribution < -0.4 is 5.56 Å². The first-order valence-corrected chi connectivity index (χ1v) is 10.9. The largest absolute Gasteiger partial charge is 0.465 e. The molecule has 0 N–H and O–H groups in total. The fourth-order valence-electron chi connectivity index (χ4n) is 2.97. The molecule has 0 bridgehead atoms. The number of aromatic nitrogens is 2. The maximum Gasteiger partial charge on any atom is 0.319 e. The zero-order valence-electron chi connectivity index (χ0n) is 15.8. The maximum atomic E-state index is 13.1. The Morgan fingerprint density at radius 2 is 2.15 bits per heavy atom. The molecule has 0 saturated carbocycles. The SMILES string of the molecule is CCOC(=O)[C@@H](C)Sc1nc2c(c(=O)n1CCc1ccccc1)S[C@@H](C)C2. The molecule has 144 valence electrons. The number of carbonyl (C=O) groups excluding carboxylic acids is 1. The highest BCUT2D eigenvalue weighted by molar-refractivity contribution is 8.00. The van der Waals surface area contributed by atoms with Crippen LogP contribution >= 0.6 is 23.5 Å². The molecule has 1 aromatic carbocycles. The zero-order valence-corrected chi connectivity index (χ0v) is 17.4. The number of ether oxygens (including phenoxy) is 1. The van der Waals surface area contributed by atoms with E-state index in [1.807, 2.05) is 18.2 Å². The average Bonchev–Trinajstić information content (AvgIpc) is 3.03. The molecule has 1 aliphatic rings. The van der Waals surface area contributed by atoms with Gasteiger partial charge in [0.15, 0.2) is 5.16 Å². The summed E-state index contributed by atoms with van der Waals surface area (Å²) in [5.41, 5.74) is 2.02. The van der Waals surface area contributed by atoms with Crippen LogP contribution in [0.5, 0.6) is 0 Å². The summed E-state index contributed by atoms with van der Waals surface area (Å²) in [7, 11) is 0.